The largest absolute Gasteiger partial charge is 0.434 e. The second-order valence-corrected chi connectivity index (χ2v) is 3.67. The maximum absolute atomic E-state index is 12.2. The number of piperazine rings is 1. The SMILES string of the molecule is O=C1CNCC(c2ccccc2OC(F)F)N1. The van der Waals surface area contributed by atoms with Crippen LogP contribution >= 0.6 is 0 Å². The number of carbonyl (C=O) groups is 1. The number of halogens is 2. The van der Waals surface area contributed by atoms with Gasteiger partial charge in [-0.3, -0.25) is 4.79 Å². The number of benzene rings is 1. The lowest BCUT2D eigenvalue weighted by Gasteiger charge is -2.26. The Labute approximate surface area is 97.0 Å². The third-order valence-corrected chi connectivity index (χ3v) is 2.48. The van der Waals surface area contributed by atoms with Crippen LogP contribution in [0, 0.1) is 0 Å². The van der Waals surface area contributed by atoms with Gasteiger partial charge in [-0.1, -0.05) is 18.2 Å². The molecule has 1 aromatic rings. The molecule has 17 heavy (non-hydrogen) atoms. The van der Waals surface area contributed by atoms with Gasteiger partial charge >= 0.3 is 6.61 Å². The fourth-order valence-corrected chi connectivity index (χ4v) is 1.79. The molecule has 1 amide bonds. The number of amides is 1. The van der Waals surface area contributed by atoms with Crippen molar-refractivity contribution < 1.29 is 18.3 Å². The summed E-state index contributed by atoms with van der Waals surface area (Å²) in [6, 6.07) is 6.11. The normalized spacial score (nSPS) is 20.2. The van der Waals surface area contributed by atoms with Crippen molar-refractivity contribution in [2.45, 2.75) is 12.7 Å². The first-order valence-electron chi connectivity index (χ1n) is 5.20. The van der Waals surface area contributed by atoms with E-state index in [1.807, 2.05) is 0 Å². The van der Waals surface area contributed by atoms with Crippen molar-refractivity contribution in [2.24, 2.45) is 0 Å². The molecule has 1 unspecified atom stereocenters. The lowest BCUT2D eigenvalue weighted by molar-refractivity contribution is -0.122. The summed E-state index contributed by atoms with van der Waals surface area (Å²) in [5, 5.41) is 5.63. The molecule has 0 saturated carbocycles. The van der Waals surface area contributed by atoms with Crippen LogP contribution in [-0.4, -0.2) is 25.6 Å². The molecular formula is C11H12F2N2O2. The first-order valence-corrected chi connectivity index (χ1v) is 5.20. The highest BCUT2D eigenvalue weighted by Gasteiger charge is 2.22. The summed E-state index contributed by atoms with van der Waals surface area (Å²) in [5.41, 5.74) is 0.549. The van der Waals surface area contributed by atoms with Crippen LogP contribution in [0.15, 0.2) is 24.3 Å². The highest BCUT2D eigenvalue weighted by molar-refractivity contribution is 5.79. The van der Waals surface area contributed by atoms with Crippen molar-refractivity contribution in [3.63, 3.8) is 0 Å². The number of carbonyl (C=O) groups excluding carboxylic acids is 1. The highest BCUT2D eigenvalue weighted by atomic mass is 19.3. The van der Waals surface area contributed by atoms with Crippen molar-refractivity contribution in [3.05, 3.63) is 29.8 Å². The van der Waals surface area contributed by atoms with Gasteiger partial charge in [0.25, 0.3) is 0 Å². The fraction of sp³-hybridized carbons (Fsp3) is 0.364. The van der Waals surface area contributed by atoms with Crippen molar-refractivity contribution in [1.82, 2.24) is 10.6 Å². The van der Waals surface area contributed by atoms with Crippen LogP contribution in [0.1, 0.15) is 11.6 Å². The number of nitrogens with one attached hydrogen (secondary N) is 2. The van der Waals surface area contributed by atoms with Gasteiger partial charge < -0.3 is 15.4 Å². The molecule has 0 aliphatic carbocycles. The number of alkyl halides is 2. The highest BCUT2D eigenvalue weighted by Crippen LogP contribution is 2.26. The van der Waals surface area contributed by atoms with Crippen molar-refractivity contribution in [1.29, 1.82) is 0 Å². The molecule has 1 aliphatic heterocycles. The number of para-hydroxylation sites is 1. The Morgan fingerprint density at radius 1 is 1.35 bits per heavy atom. The van der Waals surface area contributed by atoms with E-state index in [9.17, 15) is 13.6 Å². The average Bonchev–Trinajstić information content (AvgIpc) is 2.29. The van der Waals surface area contributed by atoms with Gasteiger partial charge in [0.2, 0.25) is 5.91 Å². The van der Waals surface area contributed by atoms with Crippen molar-refractivity contribution in [3.8, 4) is 5.75 Å². The van der Waals surface area contributed by atoms with Gasteiger partial charge in [-0.25, -0.2) is 0 Å². The van der Waals surface area contributed by atoms with E-state index in [4.69, 9.17) is 0 Å². The van der Waals surface area contributed by atoms with Gasteiger partial charge in [0.05, 0.1) is 12.6 Å². The monoisotopic (exact) mass is 242 g/mol. The van der Waals surface area contributed by atoms with E-state index in [-0.39, 0.29) is 24.2 Å². The van der Waals surface area contributed by atoms with Crippen molar-refractivity contribution in [2.75, 3.05) is 13.1 Å². The van der Waals surface area contributed by atoms with Gasteiger partial charge in [-0.15, -0.1) is 0 Å². The summed E-state index contributed by atoms with van der Waals surface area (Å²) in [7, 11) is 0. The quantitative estimate of drug-likeness (QED) is 0.833. The van der Waals surface area contributed by atoms with Gasteiger partial charge in [-0.05, 0) is 6.07 Å². The molecule has 4 nitrogen and oxygen atoms in total. The average molecular weight is 242 g/mol. The Balaban J connectivity index is 2.21. The molecule has 0 radical (unpaired) electrons. The predicted molar refractivity (Wildman–Crippen MR) is 56.8 cm³/mol. The molecule has 1 aliphatic rings. The smallest absolute Gasteiger partial charge is 0.387 e. The maximum atomic E-state index is 12.2. The molecule has 1 saturated heterocycles. The lowest BCUT2D eigenvalue weighted by atomic mass is 10.0. The van der Waals surface area contributed by atoms with Crippen LogP contribution in [0.2, 0.25) is 0 Å². The van der Waals surface area contributed by atoms with Crippen molar-refractivity contribution >= 4 is 5.91 Å². The van der Waals surface area contributed by atoms with Gasteiger partial charge in [0.1, 0.15) is 5.75 Å². The van der Waals surface area contributed by atoms with Gasteiger partial charge in [-0.2, -0.15) is 8.78 Å². The number of rotatable bonds is 3. The van der Waals surface area contributed by atoms with Crippen LogP contribution in [0.3, 0.4) is 0 Å². The Kier molecular flexibility index (Phi) is 3.53. The number of hydrogen-bond acceptors (Lipinski definition) is 3. The van der Waals surface area contributed by atoms with Crippen LogP contribution in [-0.2, 0) is 4.79 Å². The van der Waals surface area contributed by atoms with E-state index in [0.29, 0.717) is 12.1 Å². The van der Waals surface area contributed by atoms with E-state index in [1.54, 1.807) is 18.2 Å². The molecule has 0 bridgehead atoms. The molecule has 92 valence electrons. The summed E-state index contributed by atoms with van der Waals surface area (Å²) >= 11 is 0. The van der Waals surface area contributed by atoms with Crippen LogP contribution in [0.4, 0.5) is 8.78 Å². The Hall–Kier alpha value is -1.69. The first-order chi connectivity index (χ1) is 8.16. The Morgan fingerprint density at radius 3 is 2.82 bits per heavy atom. The van der Waals surface area contributed by atoms with E-state index in [2.05, 4.69) is 15.4 Å². The minimum atomic E-state index is -2.87. The molecule has 1 aromatic carbocycles. The molecule has 2 rings (SSSR count). The van der Waals surface area contributed by atoms with Gasteiger partial charge in [0, 0.05) is 12.1 Å². The summed E-state index contributed by atoms with van der Waals surface area (Å²) in [6.45, 7) is -2.13. The predicted octanol–water partition coefficient (Wildman–Crippen LogP) is 1.05. The molecule has 1 atom stereocenters. The van der Waals surface area contributed by atoms with E-state index >= 15 is 0 Å². The Bertz CT molecular complexity index is 412. The minimum absolute atomic E-state index is 0.0940. The maximum Gasteiger partial charge on any atom is 0.387 e. The molecule has 1 heterocycles. The van der Waals surface area contributed by atoms with Crippen LogP contribution < -0.4 is 15.4 Å². The third-order valence-electron chi connectivity index (χ3n) is 2.48. The van der Waals surface area contributed by atoms with Crippen LogP contribution in [0.5, 0.6) is 5.75 Å². The summed E-state index contributed by atoms with van der Waals surface area (Å²) in [5.74, 6) is -0.0652. The lowest BCUT2D eigenvalue weighted by Crippen LogP contribution is -2.47. The number of hydrogen-bond donors (Lipinski definition) is 2. The van der Waals surface area contributed by atoms with E-state index < -0.39 is 6.61 Å². The zero-order valence-electron chi connectivity index (χ0n) is 8.95. The fourth-order valence-electron chi connectivity index (χ4n) is 1.79. The summed E-state index contributed by atoms with van der Waals surface area (Å²) in [6.07, 6.45) is 0. The Morgan fingerprint density at radius 2 is 2.12 bits per heavy atom. The van der Waals surface area contributed by atoms with E-state index in [1.165, 1.54) is 6.07 Å². The number of ether oxygens (including phenoxy) is 1. The zero-order chi connectivity index (χ0) is 12.3. The standard InChI is InChI=1S/C11H12F2N2O2/c12-11(13)17-9-4-2-1-3-7(9)8-5-14-6-10(16)15-8/h1-4,8,11,14H,5-6H2,(H,15,16). The molecule has 0 aromatic heterocycles. The third kappa shape index (κ3) is 2.91. The topological polar surface area (TPSA) is 50.4 Å². The van der Waals surface area contributed by atoms with Crippen LogP contribution in [0.25, 0.3) is 0 Å². The second kappa shape index (κ2) is 5.09. The summed E-state index contributed by atoms with van der Waals surface area (Å²) in [4.78, 5) is 11.2. The molecule has 1 fully saturated rings. The van der Waals surface area contributed by atoms with Gasteiger partial charge in [0.15, 0.2) is 0 Å². The van der Waals surface area contributed by atoms with E-state index in [0.717, 1.165) is 0 Å². The second-order valence-electron chi connectivity index (χ2n) is 3.67. The molecule has 2 N–H and O–H groups in total. The first kappa shape index (κ1) is 11.8. The molecular weight excluding hydrogens is 230 g/mol. The summed E-state index contributed by atoms with van der Waals surface area (Å²) < 4.78 is 28.9. The molecule has 6 heteroatoms. The zero-order valence-corrected chi connectivity index (χ0v) is 8.95. The minimum Gasteiger partial charge on any atom is -0.434 e. The molecule has 0 spiro atoms.